The zero-order valence-corrected chi connectivity index (χ0v) is 19.4. The van der Waals surface area contributed by atoms with Crippen molar-refractivity contribution in [3.05, 3.63) is 72.3 Å². The Hall–Kier alpha value is -3.31. The predicted octanol–water partition coefficient (Wildman–Crippen LogP) is 6.57. The first-order valence-corrected chi connectivity index (χ1v) is 11.5. The summed E-state index contributed by atoms with van der Waals surface area (Å²) in [5.41, 5.74) is 4.51. The van der Waals surface area contributed by atoms with Crippen LogP contribution in [0.15, 0.2) is 66.7 Å². The molecule has 0 spiro atoms. The highest BCUT2D eigenvalue weighted by Crippen LogP contribution is 2.54. The first-order chi connectivity index (χ1) is 15.6. The first-order valence-electron chi connectivity index (χ1n) is 11.5. The molecule has 1 unspecified atom stereocenters. The number of quaternary nitrogens is 1. The van der Waals surface area contributed by atoms with E-state index in [0.717, 1.165) is 53.9 Å². The summed E-state index contributed by atoms with van der Waals surface area (Å²) < 4.78 is 6.55. The molecule has 1 heterocycles. The van der Waals surface area contributed by atoms with Gasteiger partial charge in [-0.2, -0.15) is 4.48 Å². The van der Waals surface area contributed by atoms with Gasteiger partial charge in [-0.1, -0.05) is 18.2 Å². The van der Waals surface area contributed by atoms with Gasteiger partial charge in [-0.3, -0.25) is 0 Å². The molecule has 166 valence electrons. The molecule has 0 aliphatic carbocycles. The van der Waals surface area contributed by atoms with Gasteiger partial charge in [-0.15, -0.1) is 0 Å². The molecule has 32 heavy (non-hydrogen) atoms. The molecule has 0 saturated heterocycles. The van der Waals surface area contributed by atoms with Gasteiger partial charge in [0.15, 0.2) is 22.9 Å². The van der Waals surface area contributed by atoms with Crippen LogP contribution in [0.4, 0.5) is 22.7 Å². The summed E-state index contributed by atoms with van der Waals surface area (Å²) in [6.45, 7) is 11.6. The largest absolute Gasteiger partial charge is 0.445 e. The van der Waals surface area contributed by atoms with E-state index in [-0.39, 0.29) is 10.4 Å². The van der Waals surface area contributed by atoms with Gasteiger partial charge in [0.05, 0.1) is 12.1 Å². The topological polar surface area (TPSA) is 41.6 Å². The van der Waals surface area contributed by atoms with E-state index in [1.165, 1.54) is 0 Å². The maximum atomic E-state index is 14.1. The van der Waals surface area contributed by atoms with Crippen LogP contribution in [0.1, 0.15) is 38.1 Å². The van der Waals surface area contributed by atoms with Gasteiger partial charge in [0, 0.05) is 55.3 Å². The van der Waals surface area contributed by atoms with Crippen molar-refractivity contribution in [1.29, 1.82) is 0 Å². The molecular weight excluding hydrogens is 398 g/mol. The number of amides is 1. The highest BCUT2D eigenvalue weighted by Gasteiger charge is 2.48. The number of carbonyl (C=O) groups excluding carboxylic acids is 1. The van der Waals surface area contributed by atoms with Crippen LogP contribution in [0.5, 0.6) is 11.5 Å². The SMILES string of the molecule is CCNc1ccc2c(c1)Oc1cc(N(CC)CC)ccc1[N+]2(CC)C(=O)c1ccccc1. The zero-order valence-electron chi connectivity index (χ0n) is 19.4. The van der Waals surface area contributed by atoms with Crippen LogP contribution in [0.25, 0.3) is 0 Å². The Morgan fingerprint density at radius 3 is 2.16 bits per heavy atom. The van der Waals surface area contributed by atoms with Crippen LogP contribution in [0.2, 0.25) is 0 Å². The van der Waals surface area contributed by atoms with E-state index < -0.39 is 0 Å². The van der Waals surface area contributed by atoms with Gasteiger partial charge in [0.2, 0.25) is 0 Å². The molecule has 1 N–H and O–H groups in total. The molecule has 3 aromatic rings. The summed E-state index contributed by atoms with van der Waals surface area (Å²) in [4.78, 5) is 16.4. The van der Waals surface area contributed by atoms with Crippen molar-refractivity contribution in [2.24, 2.45) is 0 Å². The number of hydrogen-bond donors (Lipinski definition) is 1. The molecule has 0 fully saturated rings. The molecule has 1 amide bonds. The Balaban J connectivity index is 1.95. The van der Waals surface area contributed by atoms with Gasteiger partial charge >= 0.3 is 5.91 Å². The lowest BCUT2D eigenvalue weighted by molar-refractivity contribution is 0.0831. The number of nitrogens with one attached hydrogen (secondary N) is 1. The van der Waals surface area contributed by atoms with Crippen molar-refractivity contribution < 1.29 is 9.53 Å². The Kier molecular flexibility index (Phi) is 6.19. The maximum absolute atomic E-state index is 14.1. The Bertz CT molecular complexity index is 1110. The van der Waals surface area contributed by atoms with Crippen LogP contribution in [-0.4, -0.2) is 32.1 Å². The standard InChI is InChI=1S/C27H32N3O2/c1-5-28-21-14-16-23-25(18-21)32-26-19-22(29(6-2)7-3)15-17-24(26)30(23,8-4)27(31)20-12-10-9-11-13-20/h9-19,28H,5-8H2,1-4H3/q+1. The van der Waals surface area contributed by atoms with Gasteiger partial charge in [-0.05, 0) is 52.0 Å². The van der Waals surface area contributed by atoms with Crippen LogP contribution in [-0.2, 0) is 0 Å². The number of ether oxygens (including phenoxy) is 1. The smallest absolute Gasteiger partial charge is 0.356 e. The van der Waals surface area contributed by atoms with Crippen LogP contribution >= 0.6 is 0 Å². The molecule has 1 atom stereocenters. The van der Waals surface area contributed by atoms with Crippen molar-refractivity contribution in [3.8, 4) is 11.5 Å². The third-order valence-corrected chi connectivity index (χ3v) is 6.30. The van der Waals surface area contributed by atoms with Crippen LogP contribution in [0.3, 0.4) is 0 Å². The normalized spacial score (nSPS) is 16.5. The molecule has 5 nitrogen and oxygen atoms in total. The van der Waals surface area contributed by atoms with E-state index >= 15 is 0 Å². The van der Waals surface area contributed by atoms with Crippen LogP contribution in [0, 0.1) is 0 Å². The van der Waals surface area contributed by atoms with E-state index in [1.807, 2.05) is 48.5 Å². The van der Waals surface area contributed by atoms with Gasteiger partial charge in [0.1, 0.15) is 0 Å². The number of carbonyl (C=O) groups is 1. The molecule has 0 radical (unpaired) electrons. The number of rotatable bonds is 7. The van der Waals surface area contributed by atoms with Crippen molar-refractivity contribution in [1.82, 2.24) is 4.48 Å². The highest BCUT2D eigenvalue weighted by atomic mass is 16.5. The molecular formula is C27H32N3O2+. The monoisotopic (exact) mass is 430 g/mol. The average Bonchev–Trinajstić information content (AvgIpc) is 2.83. The molecule has 1 aliphatic rings. The van der Waals surface area contributed by atoms with E-state index in [1.54, 1.807) is 0 Å². The second-order valence-corrected chi connectivity index (χ2v) is 7.94. The number of anilines is 2. The molecule has 1 aliphatic heterocycles. The summed E-state index contributed by atoms with van der Waals surface area (Å²) in [6.07, 6.45) is 0. The number of hydrogen-bond acceptors (Lipinski definition) is 4. The Morgan fingerprint density at radius 1 is 0.875 bits per heavy atom. The van der Waals surface area contributed by atoms with Crippen LogP contribution < -0.4 is 19.4 Å². The highest BCUT2D eigenvalue weighted by molar-refractivity contribution is 6.09. The minimum Gasteiger partial charge on any atom is -0.445 e. The van der Waals surface area contributed by atoms with Gasteiger partial charge < -0.3 is 15.0 Å². The first kappa shape index (κ1) is 21.9. The van der Waals surface area contributed by atoms with E-state index in [9.17, 15) is 4.79 Å². The lowest BCUT2D eigenvalue weighted by Crippen LogP contribution is -2.51. The number of benzene rings is 3. The molecule has 5 heteroatoms. The number of nitrogens with zero attached hydrogens (tertiary/aromatic N) is 2. The zero-order chi connectivity index (χ0) is 22.7. The van der Waals surface area contributed by atoms with E-state index in [0.29, 0.717) is 12.1 Å². The van der Waals surface area contributed by atoms with Crippen molar-refractivity contribution >= 4 is 28.7 Å². The fourth-order valence-electron chi connectivity index (χ4n) is 4.66. The minimum absolute atomic E-state index is 0.0469. The molecule has 4 rings (SSSR count). The predicted molar refractivity (Wildman–Crippen MR) is 133 cm³/mol. The van der Waals surface area contributed by atoms with Gasteiger partial charge in [-0.25, -0.2) is 4.79 Å². The second kappa shape index (κ2) is 9.05. The third-order valence-electron chi connectivity index (χ3n) is 6.30. The minimum atomic E-state index is 0.0469. The summed E-state index contributed by atoms with van der Waals surface area (Å²) in [7, 11) is 0. The number of fused-ring (bicyclic) bond motifs is 2. The average molecular weight is 431 g/mol. The summed E-state index contributed by atoms with van der Waals surface area (Å²) in [5.74, 6) is 1.51. The lowest BCUT2D eigenvalue weighted by Gasteiger charge is -2.39. The van der Waals surface area contributed by atoms with E-state index in [2.05, 4.69) is 56.1 Å². The maximum Gasteiger partial charge on any atom is 0.356 e. The van der Waals surface area contributed by atoms with Crippen molar-refractivity contribution in [2.45, 2.75) is 27.7 Å². The second-order valence-electron chi connectivity index (χ2n) is 7.94. The van der Waals surface area contributed by atoms with Crippen molar-refractivity contribution in [3.63, 3.8) is 0 Å². The molecule has 3 aromatic carbocycles. The summed E-state index contributed by atoms with van der Waals surface area (Å²) in [6, 6.07) is 21.9. The fraction of sp³-hybridized carbons (Fsp3) is 0.296. The quantitative estimate of drug-likeness (QED) is 0.431. The Labute approximate surface area is 190 Å². The lowest BCUT2D eigenvalue weighted by atomic mass is 10.0. The molecule has 0 bridgehead atoms. The van der Waals surface area contributed by atoms with Crippen molar-refractivity contribution in [2.75, 3.05) is 36.4 Å². The molecule has 0 saturated carbocycles. The fourth-order valence-corrected chi connectivity index (χ4v) is 4.66. The van der Waals surface area contributed by atoms with Gasteiger partial charge in [0.25, 0.3) is 0 Å². The summed E-state index contributed by atoms with van der Waals surface area (Å²) >= 11 is 0. The Morgan fingerprint density at radius 2 is 1.53 bits per heavy atom. The third kappa shape index (κ3) is 3.53. The molecule has 0 aromatic heterocycles. The summed E-state index contributed by atoms with van der Waals surface area (Å²) in [5, 5.41) is 3.36. The van der Waals surface area contributed by atoms with E-state index in [4.69, 9.17) is 4.74 Å².